The Morgan fingerprint density at radius 2 is 2.07 bits per heavy atom. The zero-order chi connectivity index (χ0) is 20.9. The van der Waals surface area contributed by atoms with Gasteiger partial charge in [0.05, 0.1) is 13.4 Å². The molecule has 3 aromatic rings. The lowest BCUT2D eigenvalue weighted by Gasteiger charge is -2.39. The Hall–Kier alpha value is -3.12. The summed E-state index contributed by atoms with van der Waals surface area (Å²) in [6, 6.07) is 16.2. The third kappa shape index (κ3) is 4.39. The average molecular weight is 405 g/mol. The molecule has 2 heterocycles. The standard InChI is InChI=1S/C24H28N4O2/c1-27-13-4-6-20(23(27)18-8-10-22(30-2)11-9-18)16-26-24(29)19-5-3-7-21(15-19)28-14-12-25-17-28/h3,5,7-12,14-15,17,20,23H,4,6,13,16H2,1-2H3,(H,26,29). The molecule has 0 saturated carbocycles. The van der Waals surface area contributed by atoms with E-state index in [9.17, 15) is 4.79 Å². The van der Waals surface area contributed by atoms with E-state index in [2.05, 4.69) is 34.4 Å². The summed E-state index contributed by atoms with van der Waals surface area (Å²) < 4.78 is 7.19. The number of carbonyl (C=O) groups excluding carboxylic acids is 1. The van der Waals surface area contributed by atoms with Crippen molar-refractivity contribution in [1.29, 1.82) is 0 Å². The maximum Gasteiger partial charge on any atom is 0.251 e. The number of likely N-dealkylation sites (tertiary alicyclic amines) is 1. The average Bonchev–Trinajstić information content (AvgIpc) is 3.33. The van der Waals surface area contributed by atoms with Gasteiger partial charge in [0.1, 0.15) is 5.75 Å². The first-order valence-electron chi connectivity index (χ1n) is 10.4. The maximum absolute atomic E-state index is 12.9. The lowest BCUT2D eigenvalue weighted by molar-refractivity contribution is 0.0891. The van der Waals surface area contributed by atoms with Crippen LogP contribution in [0.15, 0.2) is 67.3 Å². The van der Waals surface area contributed by atoms with Crippen LogP contribution in [0.3, 0.4) is 0 Å². The highest BCUT2D eigenvalue weighted by molar-refractivity contribution is 5.94. The van der Waals surface area contributed by atoms with Crippen molar-refractivity contribution in [2.75, 3.05) is 27.2 Å². The van der Waals surface area contributed by atoms with Crippen LogP contribution in [-0.4, -0.2) is 47.6 Å². The van der Waals surface area contributed by atoms with Crippen LogP contribution in [0.2, 0.25) is 0 Å². The molecule has 6 heteroatoms. The summed E-state index contributed by atoms with van der Waals surface area (Å²) in [5.74, 6) is 1.18. The number of piperidine rings is 1. The number of carbonyl (C=O) groups is 1. The van der Waals surface area contributed by atoms with Gasteiger partial charge in [0, 0.05) is 36.2 Å². The third-order valence-electron chi connectivity index (χ3n) is 5.90. The molecule has 1 aliphatic rings. The van der Waals surface area contributed by atoms with Gasteiger partial charge < -0.3 is 14.6 Å². The second-order valence-corrected chi connectivity index (χ2v) is 7.83. The van der Waals surface area contributed by atoms with Gasteiger partial charge in [-0.3, -0.25) is 9.69 Å². The van der Waals surface area contributed by atoms with Crippen LogP contribution in [0, 0.1) is 5.92 Å². The van der Waals surface area contributed by atoms with E-state index in [1.54, 1.807) is 19.6 Å². The van der Waals surface area contributed by atoms with Gasteiger partial charge in [-0.1, -0.05) is 18.2 Å². The van der Waals surface area contributed by atoms with Crippen molar-refractivity contribution < 1.29 is 9.53 Å². The van der Waals surface area contributed by atoms with Crippen LogP contribution in [-0.2, 0) is 0 Å². The minimum absolute atomic E-state index is 0.0429. The van der Waals surface area contributed by atoms with Crippen LogP contribution in [0.25, 0.3) is 5.69 Å². The van der Waals surface area contributed by atoms with Gasteiger partial charge >= 0.3 is 0 Å². The number of rotatable bonds is 6. The second-order valence-electron chi connectivity index (χ2n) is 7.83. The maximum atomic E-state index is 12.9. The molecular formula is C24H28N4O2. The lowest BCUT2D eigenvalue weighted by atomic mass is 9.85. The molecule has 1 N–H and O–H groups in total. The van der Waals surface area contributed by atoms with E-state index >= 15 is 0 Å². The number of ether oxygens (including phenoxy) is 1. The predicted molar refractivity (Wildman–Crippen MR) is 117 cm³/mol. The Morgan fingerprint density at radius 3 is 2.80 bits per heavy atom. The Labute approximate surface area is 177 Å². The summed E-state index contributed by atoms with van der Waals surface area (Å²) in [5.41, 5.74) is 2.85. The minimum Gasteiger partial charge on any atom is -0.497 e. The summed E-state index contributed by atoms with van der Waals surface area (Å²) in [6.45, 7) is 1.71. The summed E-state index contributed by atoms with van der Waals surface area (Å²) >= 11 is 0. The van der Waals surface area contributed by atoms with Crippen molar-refractivity contribution in [2.24, 2.45) is 5.92 Å². The second kappa shape index (κ2) is 9.13. The molecule has 1 fully saturated rings. The Balaban J connectivity index is 1.46. The van der Waals surface area contributed by atoms with E-state index in [0.29, 0.717) is 18.0 Å². The number of benzene rings is 2. The number of nitrogens with one attached hydrogen (secondary N) is 1. The molecule has 2 aromatic carbocycles. The fraction of sp³-hybridized carbons (Fsp3) is 0.333. The van der Waals surface area contributed by atoms with Crippen molar-refractivity contribution >= 4 is 5.91 Å². The van der Waals surface area contributed by atoms with Crippen molar-refractivity contribution in [1.82, 2.24) is 19.8 Å². The van der Waals surface area contributed by atoms with Gasteiger partial charge in [-0.2, -0.15) is 0 Å². The molecule has 30 heavy (non-hydrogen) atoms. The molecule has 0 spiro atoms. The van der Waals surface area contributed by atoms with E-state index < -0.39 is 0 Å². The van der Waals surface area contributed by atoms with Gasteiger partial charge in [0.25, 0.3) is 5.91 Å². The summed E-state index contributed by atoms with van der Waals surface area (Å²) in [4.78, 5) is 19.3. The van der Waals surface area contributed by atoms with Crippen molar-refractivity contribution in [3.63, 3.8) is 0 Å². The Kier molecular flexibility index (Phi) is 6.14. The highest BCUT2D eigenvalue weighted by atomic mass is 16.5. The summed E-state index contributed by atoms with van der Waals surface area (Å²) in [5, 5.41) is 3.17. The number of hydrogen-bond acceptors (Lipinski definition) is 4. The Morgan fingerprint density at radius 1 is 1.23 bits per heavy atom. The lowest BCUT2D eigenvalue weighted by Crippen LogP contribution is -2.41. The van der Waals surface area contributed by atoms with Gasteiger partial charge in [-0.25, -0.2) is 4.98 Å². The first-order chi connectivity index (χ1) is 14.7. The van der Waals surface area contributed by atoms with Crippen LogP contribution in [0.4, 0.5) is 0 Å². The molecule has 1 amide bonds. The van der Waals surface area contributed by atoms with E-state index in [4.69, 9.17) is 4.74 Å². The number of imidazole rings is 1. The normalized spacial score (nSPS) is 19.4. The molecule has 2 unspecified atom stereocenters. The van der Waals surface area contributed by atoms with Crippen LogP contribution in [0.1, 0.15) is 34.8 Å². The fourth-order valence-electron chi connectivity index (χ4n) is 4.35. The molecule has 4 rings (SSSR count). The number of hydrogen-bond donors (Lipinski definition) is 1. The van der Waals surface area contributed by atoms with Crippen molar-refractivity contribution in [3.8, 4) is 11.4 Å². The van der Waals surface area contributed by atoms with E-state index in [-0.39, 0.29) is 11.9 Å². The smallest absolute Gasteiger partial charge is 0.251 e. The molecule has 0 aliphatic carbocycles. The monoisotopic (exact) mass is 404 g/mol. The Bertz CT molecular complexity index is 969. The van der Waals surface area contributed by atoms with Gasteiger partial charge in [-0.15, -0.1) is 0 Å². The molecule has 1 aliphatic heterocycles. The highest BCUT2D eigenvalue weighted by Crippen LogP contribution is 2.35. The van der Waals surface area contributed by atoms with Crippen LogP contribution >= 0.6 is 0 Å². The van der Waals surface area contributed by atoms with Crippen LogP contribution < -0.4 is 10.1 Å². The number of aromatic nitrogens is 2. The summed E-state index contributed by atoms with van der Waals surface area (Å²) in [7, 11) is 3.85. The molecule has 1 saturated heterocycles. The fourth-order valence-corrected chi connectivity index (χ4v) is 4.35. The van der Waals surface area contributed by atoms with Gasteiger partial charge in [0.15, 0.2) is 0 Å². The molecule has 0 bridgehead atoms. The molecule has 6 nitrogen and oxygen atoms in total. The van der Waals surface area contributed by atoms with Crippen molar-refractivity contribution in [2.45, 2.75) is 18.9 Å². The van der Waals surface area contributed by atoms with E-state index in [1.807, 2.05) is 47.2 Å². The van der Waals surface area contributed by atoms with Gasteiger partial charge in [0.2, 0.25) is 0 Å². The number of nitrogens with zero attached hydrogens (tertiary/aromatic N) is 3. The van der Waals surface area contributed by atoms with Gasteiger partial charge in [-0.05, 0) is 68.2 Å². The largest absolute Gasteiger partial charge is 0.497 e. The highest BCUT2D eigenvalue weighted by Gasteiger charge is 2.30. The van der Waals surface area contributed by atoms with E-state index in [0.717, 1.165) is 30.8 Å². The predicted octanol–water partition coefficient (Wildman–Crippen LogP) is 3.69. The molecule has 0 radical (unpaired) electrons. The third-order valence-corrected chi connectivity index (χ3v) is 5.90. The van der Waals surface area contributed by atoms with Crippen LogP contribution in [0.5, 0.6) is 5.75 Å². The first-order valence-corrected chi connectivity index (χ1v) is 10.4. The molecule has 156 valence electrons. The first kappa shape index (κ1) is 20.2. The molecular weight excluding hydrogens is 376 g/mol. The molecule has 2 atom stereocenters. The van der Waals surface area contributed by atoms with E-state index in [1.165, 1.54) is 5.56 Å². The zero-order valence-electron chi connectivity index (χ0n) is 17.5. The number of amides is 1. The SMILES string of the molecule is COc1ccc(C2C(CNC(=O)c3cccc(-n4ccnc4)c3)CCCN2C)cc1. The quantitative estimate of drug-likeness (QED) is 0.681. The van der Waals surface area contributed by atoms with Crippen molar-refractivity contribution in [3.05, 3.63) is 78.4 Å². The minimum atomic E-state index is -0.0429. The molecule has 1 aromatic heterocycles. The summed E-state index contributed by atoms with van der Waals surface area (Å²) in [6.07, 6.45) is 7.56. The zero-order valence-corrected chi connectivity index (χ0v) is 17.5. The topological polar surface area (TPSA) is 59.4 Å². The number of methoxy groups -OCH3 is 1.